The Morgan fingerprint density at radius 2 is 1.04 bits per heavy atom. The Kier molecular flexibility index (Phi) is 11.2. The van der Waals surface area contributed by atoms with Gasteiger partial charge in [0.05, 0.1) is 42.0 Å². The summed E-state index contributed by atoms with van der Waals surface area (Å²) < 4.78 is 11.2. The van der Waals surface area contributed by atoms with Crippen molar-refractivity contribution in [1.82, 2.24) is 30.2 Å². The third kappa shape index (κ3) is 7.85. The second-order valence-corrected chi connectivity index (χ2v) is 18.1. The van der Waals surface area contributed by atoms with E-state index in [2.05, 4.69) is 36.9 Å². The SMILES string of the molecule is C=C(NC(=O)C(=C)N1Cc2c(cc(C3CN(C(=O)C(=C)NC(=O)C(=C)N4Cc5c(cccc5-c5ccc6c(c5)N(C)C(=O)CO6)C4=O)C3)cc2-c2ccc3c(c2)N(C)C(=O)CO3)C1=O)C(=O)N1CC(O)C1. The van der Waals surface area contributed by atoms with Crippen molar-refractivity contribution < 1.29 is 52.9 Å². The monoisotopic (exact) mass is 958 g/mol. The molecule has 360 valence electrons. The van der Waals surface area contributed by atoms with Crippen molar-refractivity contribution in [2.24, 2.45) is 0 Å². The zero-order chi connectivity index (χ0) is 50.3. The molecule has 19 nitrogen and oxygen atoms in total. The maximum Gasteiger partial charge on any atom is 0.271 e. The number of fused-ring (bicyclic) bond motifs is 4. The molecule has 71 heavy (non-hydrogen) atoms. The first kappa shape index (κ1) is 45.9. The van der Waals surface area contributed by atoms with Crippen LogP contribution in [0.1, 0.15) is 43.3 Å². The highest BCUT2D eigenvalue weighted by Crippen LogP contribution is 2.43. The van der Waals surface area contributed by atoms with Crippen molar-refractivity contribution in [3.63, 3.8) is 0 Å². The molecule has 8 amide bonds. The van der Waals surface area contributed by atoms with E-state index in [1.165, 1.54) is 29.4 Å². The lowest BCUT2D eigenvalue weighted by Crippen LogP contribution is -2.55. The molecule has 6 aliphatic heterocycles. The normalized spacial score (nSPS) is 17.0. The number of anilines is 2. The van der Waals surface area contributed by atoms with Gasteiger partial charge < -0.3 is 44.8 Å². The highest BCUT2D eigenvalue weighted by Gasteiger charge is 2.40. The van der Waals surface area contributed by atoms with E-state index in [4.69, 9.17) is 9.47 Å². The highest BCUT2D eigenvalue weighted by molar-refractivity contribution is 6.10. The van der Waals surface area contributed by atoms with Crippen molar-refractivity contribution in [2.45, 2.75) is 25.1 Å². The number of aliphatic hydroxyl groups is 1. The molecule has 4 aromatic rings. The van der Waals surface area contributed by atoms with E-state index < -0.39 is 41.5 Å². The molecule has 19 heteroatoms. The number of benzene rings is 4. The first-order chi connectivity index (χ1) is 33.9. The van der Waals surface area contributed by atoms with E-state index >= 15 is 0 Å². The molecule has 4 aromatic carbocycles. The summed E-state index contributed by atoms with van der Waals surface area (Å²) >= 11 is 0. The molecule has 0 radical (unpaired) electrons. The number of nitrogens with zero attached hydrogens (tertiary/aromatic N) is 6. The Bertz CT molecular complexity index is 3180. The van der Waals surface area contributed by atoms with Crippen LogP contribution in [0.25, 0.3) is 22.3 Å². The summed E-state index contributed by atoms with van der Waals surface area (Å²) in [6, 6.07) is 19.6. The lowest BCUT2D eigenvalue weighted by Gasteiger charge is -2.40. The van der Waals surface area contributed by atoms with Gasteiger partial charge in [-0.1, -0.05) is 56.6 Å². The first-order valence-corrected chi connectivity index (χ1v) is 22.5. The number of nitrogens with one attached hydrogen (secondary N) is 2. The molecule has 2 saturated heterocycles. The lowest BCUT2D eigenvalue weighted by molar-refractivity contribution is -0.138. The smallest absolute Gasteiger partial charge is 0.271 e. The number of likely N-dealkylation sites (N-methyl/N-ethyl adjacent to an activating group) is 2. The van der Waals surface area contributed by atoms with Crippen LogP contribution in [-0.2, 0) is 41.9 Å². The fourth-order valence-electron chi connectivity index (χ4n) is 9.47. The third-order valence-electron chi connectivity index (χ3n) is 13.8. The topological polar surface area (TPSA) is 219 Å². The van der Waals surface area contributed by atoms with Crippen LogP contribution in [0.4, 0.5) is 11.4 Å². The molecule has 3 N–H and O–H groups in total. The Labute approximate surface area is 406 Å². The lowest BCUT2D eigenvalue weighted by atomic mass is 9.85. The zero-order valence-electron chi connectivity index (χ0n) is 38.7. The van der Waals surface area contributed by atoms with Gasteiger partial charge in [0.2, 0.25) is 0 Å². The number of hydrogen-bond acceptors (Lipinski definition) is 11. The van der Waals surface area contributed by atoms with Crippen LogP contribution < -0.4 is 29.9 Å². The van der Waals surface area contributed by atoms with E-state index in [1.807, 2.05) is 24.3 Å². The van der Waals surface area contributed by atoms with Crippen LogP contribution in [0, 0.1) is 0 Å². The van der Waals surface area contributed by atoms with Crippen molar-refractivity contribution in [3.05, 3.63) is 144 Å². The maximum atomic E-state index is 14.2. The van der Waals surface area contributed by atoms with Crippen LogP contribution in [0.5, 0.6) is 11.5 Å². The van der Waals surface area contributed by atoms with E-state index in [-0.39, 0.29) is 98.6 Å². The third-order valence-corrected chi connectivity index (χ3v) is 13.8. The largest absolute Gasteiger partial charge is 0.482 e. The number of hydrogen-bond donors (Lipinski definition) is 3. The fraction of sp³-hybridized carbons (Fsp3) is 0.231. The minimum Gasteiger partial charge on any atom is -0.482 e. The van der Waals surface area contributed by atoms with Gasteiger partial charge in [-0.2, -0.15) is 0 Å². The zero-order valence-corrected chi connectivity index (χ0v) is 38.7. The van der Waals surface area contributed by atoms with Crippen molar-refractivity contribution in [2.75, 3.05) is 63.3 Å². The van der Waals surface area contributed by atoms with E-state index in [0.29, 0.717) is 56.3 Å². The quantitative estimate of drug-likeness (QED) is 0.186. The molecular formula is C52H46N8O11. The van der Waals surface area contributed by atoms with Gasteiger partial charge in [0, 0.05) is 57.3 Å². The number of amides is 8. The number of β-amino-alcohol motifs (C(OH)–C–C–N with tert-alkyl or cyclic N) is 1. The molecule has 0 spiro atoms. The van der Waals surface area contributed by atoms with E-state index in [0.717, 1.165) is 11.1 Å². The van der Waals surface area contributed by atoms with Crippen molar-refractivity contribution in [3.8, 4) is 33.8 Å². The summed E-state index contributed by atoms with van der Waals surface area (Å²) in [5.74, 6) is -3.43. The Balaban J connectivity index is 0.828. The molecule has 6 heterocycles. The molecule has 0 aromatic heterocycles. The molecule has 0 bridgehead atoms. The molecule has 2 fully saturated rings. The number of carbonyl (C=O) groups is 8. The number of carbonyl (C=O) groups excluding carboxylic acids is 8. The summed E-state index contributed by atoms with van der Waals surface area (Å²) in [5, 5.41) is 14.6. The van der Waals surface area contributed by atoms with Gasteiger partial charge >= 0.3 is 0 Å². The standard InChI is InChI=1S/C52H46N8O11/c1-26(53-47(64)28(3)59-22-39-35(8-7-9-36(39)51(59)68)30-10-12-43-41(16-30)55(5)45(62)24-70-43)49(66)57-18-33(19-57)32-14-37(31-11-13-44-42(17-31)56(6)46(63)25-71-44)40-23-60(52(69)38(40)15-32)29(4)48(65)54-27(2)50(67)58-20-34(61)21-58/h7-17,33-34,61H,1-4,18-25H2,5-6H3,(H,53,64)(H,54,65). The van der Waals surface area contributed by atoms with Gasteiger partial charge in [0.1, 0.15) is 22.9 Å². The predicted molar refractivity (Wildman–Crippen MR) is 256 cm³/mol. The van der Waals surface area contributed by atoms with Gasteiger partial charge in [-0.05, 0) is 75.3 Å². The molecule has 0 aliphatic carbocycles. The number of aliphatic hydroxyl groups excluding tert-OH is 1. The van der Waals surface area contributed by atoms with Crippen LogP contribution in [0.15, 0.2) is 116 Å². The molecule has 10 rings (SSSR count). The van der Waals surface area contributed by atoms with E-state index in [1.54, 1.807) is 56.6 Å². The second kappa shape index (κ2) is 17.3. The van der Waals surface area contributed by atoms with Crippen molar-refractivity contribution in [1.29, 1.82) is 0 Å². The summed E-state index contributed by atoms with van der Waals surface area (Å²) in [6.45, 7) is 15.6. The van der Waals surface area contributed by atoms with Crippen molar-refractivity contribution >= 4 is 58.6 Å². The van der Waals surface area contributed by atoms with E-state index in [9.17, 15) is 43.5 Å². The summed E-state index contributed by atoms with van der Waals surface area (Å²) in [4.78, 5) is 115. The Morgan fingerprint density at radius 3 is 1.56 bits per heavy atom. The predicted octanol–water partition coefficient (Wildman–Crippen LogP) is 2.76. The van der Waals surface area contributed by atoms with Crippen LogP contribution in [0.2, 0.25) is 0 Å². The molecule has 0 unspecified atom stereocenters. The first-order valence-electron chi connectivity index (χ1n) is 22.5. The van der Waals surface area contributed by atoms with Crippen LogP contribution in [-0.4, -0.2) is 132 Å². The molecular weight excluding hydrogens is 913 g/mol. The van der Waals surface area contributed by atoms with Gasteiger partial charge in [-0.15, -0.1) is 0 Å². The maximum absolute atomic E-state index is 14.2. The van der Waals surface area contributed by atoms with Gasteiger partial charge in [-0.25, -0.2) is 0 Å². The summed E-state index contributed by atoms with van der Waals surface area (Å²) in [7, 11) is 3.30. The Morgan fingerprint density at radius 1 is 0.592 bits per heavy atom. The summed E-state index contributed by atoms with van der Waals surface area (Å²) in [5.41, 5.74) is 5.49. The molecule has 0 atom stereocenters. The average molecular weight is 959 g/mol. The average Bonchev–Trinajstić information content (AvgIpc) is 3.86. The Hall–Kier alpha value is -8.84. The number of ether oxygens (including phenoxy) is 2. The van der Waals surface area contributed by atoms with Gasteiger partial charge in [0.25, 0.3) is 47.3 Å². The number of likely N-dealkylation sites (tertiary alicyclic amines) is 2. The van der Waals surface area contributed by atoms with Crippen LogP contribution in [0.3, 0.4) is 0 Å². The van der Waals surface area contributed by atoms with Gasteiger partial charge in [0.15, 0.2) is 13.2 Å². The fourth-order valence-corrected chi connectivity index (χ4v) is 9.47. The van der Waals surface area contributed by atoms with Gasteiger partial charge in [-0.3, -0.25) is 48.2 Å². The minimum atomic E-state index is -0.820. The molecule has 6 aliphatic rings. The van der Waals surface area contributed by atoms with Crippen LogP contribution >= 0.6 is 0 Å². The minimum absolute atomic E-state index is 0.0215. The number of rotatable bonds is 11. The second-order valence-electron chi connectivity index (χ2n) is 18.1. The molecule has 0 saturated carbocycles. The highest BCUT2D eigenvalue weighted by atomic mass is 16.5. The summed E-state index contributed by atoms with van der Waals surface area (Å²) in [6.07, 6.45) is -0.657.